The Balaban J connectivity index is 1.48. The summed E-state index contributed by atoms with van der Waals surface area (Å²) < 4.78 is 6.75. The van der Waals surface area contributed by atoms with Crippen molar-refractivity contribution < 1.29 is 4.74 Å². The predicted molar refractivity (Wildman–Crippen MR) is 105 cm³/mol. The first-order chi connectivity index (χ1) is 11.6. The third kappa shape index (κ3) is 4.46. The van der Waals surface area contributed by atoms with E-state index in [0.29, 0.717) is 10.7 Å². The number of nitrogens with zero attached hydrogens (tertiary/aromatic N) is 2. The maximum absolute atomic E-state index is 5.62. The van der Waals surface area contributed by atoms with Crippen LogP contribution in [0.5, 0.6) is 0 Å². The summed E-state index contributed by atoms with van der Waals surface area (Å²) in [6, 6.07) is 8.50. The Morgan fingerprint density at radius 1 is 1.42 bits per heavy atom. The maximum Gasteiger partial charge on any atom is 0.193 e. The third-order valence-corrected chi connectivity index (χ3v) is 6.48. The fourth-order valence-corrected chi connectivity index (χ4v) is 4.63. The van der Waals surface area contributed by atoms with Gasteiger partial charge in [0.1, 0.15) is 0 Å². The second-order valence-electron chi connectivity index (χ2n) is 6.78. The van der Waals surface area contributed by atoms with Crippen LogP contribution in [-0.2, 0) is 4.74 Å². The summed E-state index contributed by atoms with van der Waals surface area (Å²) in [6.45, 7) is 7.14. The minimum absolute atomic E-state index is 0.370. The number of guanidine groups is 1. The molecule has 132 valence electrons. The molecular formula is C18H26BrN3OS. The van der Waals surface area contributed by atoms with Crippen LogP contribution in [0.15, 0.2) is 38.6 Å². The van der Waals surface area contributed by atoms with E-state index in [2.05, 4.69) is 62.3 Å². The second-order valence-corrected chi connectivity index (χ2v) is 9.21. The molecule has 2 aliphatic rings. The molecule has 4 nitrogen and oxygen atoms in total. The van der Waals surface area contributed by atoms with E-state index in [4.69, 9.17) is 4.74 Å². The molecule has 2 saturated heterocycles. The van der Waals surface area contributed by atoms with Gasteiger partial charge in [0.15, 0.2) is 5.96 Å². The molecule has 2 aliphatic heterocycles. The van der Waals surface area contributed by atoms with Gasteiger partial charge in [-0.25, -0.2) is 0 Å². The summed E-state index contributed by atoms with van der Waals surface area (Å²) in [5.74, 6) is 1.03. The van der Waals surface area contributed by atoms with Gasteiger partial charge in [-0.2, -0.15) is 0 Å². The fraction of sp³-hybridized carbons (Fsp3) is 0.611. The van der Waals surface area contributed by atoms with Crippen LogP contribution in [0, 0.1) is 5.41 Å². The standard InChI is InChI=1S/C18H26BrN3OS/c1-14(24-16-5-3-15(19)4-6-16)11-21-17(20-2)22-9-7-18(12-22)8-10-23-13-18/h3-6,14H,7-13H2,1-2H3,(H,20,21). The van der Waals surface area contributed by atoms with Gasteiger partial charge in [0, 0.05) is 53.3 Å². The van der Waals surface area contributed by atoms with Crippen LogP contribution in [0.2, 0.25) is 0 Å². The van der Waals surface area contributed by atoms with Crippen molar-refractivity contribution in [2.24, 2.45) is 10.4 Å². The summed E-state index contributed by atoms with van der Waals surface area (Å²) in [5.41, 5.74) is 0.370. The summed E-state index contributed by atoms with van der Waals surface area (Å²) in [6.07, 6.45) is 2.41. The van der Waals surface area contributed by atoms with Crippen LogP contribution in [0.3, 0.4) is 0 Å². The fourth-order valence-electron chi connectivity index (χ4n) is 3.44. The number of thioether (sulfide) groups is 1. The lowest BCUT2D eigenvalue weighted by Gasteiger charge is -2.25. The largest absolute Gasteiger partial charge is 0.381 e. The molecule has 0 saturated carbocycles. The molecule has 0 aliphatic carbocycles. The zero-order chi connectivity index (χ0) is 17.0. The Hall–Kier alpha value is -0.720. The van der Waals surface area contributed by atoms with Gasteiger partial charge >= 0.3 is 0 Å². The van der Waals surface area contributed by atoms with Crippen molar-refractivity contribution in [1.29, 1.82) is 0 Å². The van der Waals surface area contributed by atoms with Gasteiger partial charge < -0.3 is 15.0 Å². The molecule has 2 heterocycles. The van der Waals surface area contributed by atoms with Gasteiger partial charge in [-0.3, -0.25) is 4.99 Å². The number of nitrogens with one attached hydrogen (secondary N) is 1. The highest BCUT2D eigenvalue weighted by molar-refractivity contribution is 9.10. The highest BCUT2D eigenvalue weighted by Crippen LogP contribution is 2.38. The Kier molecular flexibility index (Phi) is 6.11. The van der Waals surface area contributed by atoms with Crippen molar-refractivity contribution in [1.82, 2.24) is 10.2 Å². The lowest BCUT2D eigenvalue weighted by molar-refractivity contribution is 0.156. The quantitative estimate of drug-likeness (QED) is 0.466. The summed E-state index contributed by atoms with van der Waals surface area (Å²) in [7, 11) is 1.88. The molecule has 2 unspecified atom stereocenters. The number of hydrogen-bond donors (Lipinski definition) is 1. The number of ether oxygens (including phenoxy) is 1. The van der Waals surface area contributed by atoms with E-state index < -0.39 is 0 Å². The second kappa shape index (κ2) is 8.11. The third-order valence-electron chi connectivity index (χ3n) is 4.83. The van der Waals surface area contributed by atoms with Crippen molar-refractivity contribution in [3.05, 3.63) is 28.7 Å². The highest BCUT2D eigenvalue weighted by atomic mass is 79.9. The van der Waals surface area contributed by atoms with Crippen molar-refractivity contribution >= 4 is 33.7 Å². The molecule has 24 heavy (non-hydrogen) atoms. The smallest absolute Gasteiger partial charge is 0.193 e. The molecule has 0 aromatic heterocycles. The Bertz CT molecular complexity index is 572. The molecule has 1 aromatic rings. The average Bonchev–Trinajstić information content (AvgIpc) is 3.21. The molecule has 1 spiro atoms. The predicted octanol–water partition coefficient (Wildman–Crippen LogP) is 3.62. The van der Waals surface area contributed by atoms with Gasteiger partial charge in [-0.05, 0) is 37.1 Å². The summed E-state index contributed by atoms with van der Waals surface area (Å²) in [4.78, 5) is 8.18. The van der Waals surface area contributed by atoms with E-state index in [9.17, 15) is 0 Å². The Labute approximate surface area is 157 Å². The van der Waals surface area contributed by atoms with Crippen molar-refractivity contribution in [2.45, 2.75) is 29.9 Å². The average molecular weight is 412 g/mol. The van der Waals surface area contributed by atoms with Crippen LogP contribution in [0.1, 0.15) is 19.8 Å². The van der Waals surface area contributed by atoms with Crippen molar-refractivity contribution in [3.63, 3.8) is 0 Å². The number of aliphatic imine (C=N–C) groups is 1. The highest BCUT2D eigenvalue weighted by Gasteiger charge is 2.42. The number of benzene rings is 1. The molecular weight excluding hydrogens is 386 g/mol. The van der Waals surface area contributed by atoms with E-state index in [1.54, 1.807) is 0 Å². The molecule has 0 bridgehead atoms. The first-order valence-corrected chi connectivity index (χ1v) is 10.2. The molecule has 1 aromatic carbocycles. The SMILES string of the molecule is CN=C(NCC(C)Sc1ccc(Br)cc1)N1CCC2(CCOC2)C1. The van der Waals surface area contributed by atoms with Gasteiger partial charge in [0.05, 0.1) is 6.61 Å². The zero-order valence-corrected chi connectivity index (χ0v) is 16.8. The van der Waals surface area contributed by atoms with Crippen molar-refractivity contribution in [2.75, 3.05) is 39.9 Å². The molecule has 2 atom stereocenters. The van der Waals surface area contributed by atoms with Crippen LogP contribution in [-0.4, -0.2) is 56.0 Å². The van der Waals surface area contributed by atoms with Crippen LogP contribution in [0.25, 0.3) is 0 Å². The normalized spacial score (nSPS) is 25.5. The lowest BCUT2D eigenvalue weighted by atomic mass is 9.87. The lowest BCUT2D eigenvalue weighted by Crippen LogP contribution is -2.43. The van der Waals surface area contributed by atoms with Gasteiger partial charge in [0.25, 0.3) is 0 Å². The number of likely N-dealkylation sites (tertiary alicyclic amines) is 1. The molecule has 6 heteroatoms. The van der Waals surface area contributed by atoms with E-state index in [1.165, 1.54) is 17.7 Å². The maximum atomic E-state index is 5.62. The molecule has 3 rings (SSSR count). The zero-order valence-electron chi connectivity index (χ0n) is 14.4. The molecule has 1 N–H and O–H groups in total. The van der Waals surface area contributed by atoms with E-state index in [1.807, 2.05) is 18.8 Å². The minimum Gasteiger partial charge on any atom is -0.381 e. The van der Waals surface area contributed by atoms with Gasteiger partial charge in [0.2, 0.25) is 0 Å². The van der Waals surface area contributed by atoms with Crippen LogP contribution >= 0.6 is 27.7 Å². The van der Waals surface area contributed by atoms with E-state index in [-0.39, 0.29) is 0 Å². The van der Waals surface area contributed by atoms with E-state index >= 15 is 0 Å². The Morgan fingerprint density at radius 2 is 2.21 bits per heavy atom. The number of hydrogen-bond acceptors (Lipinski definition) is 3. The minimum atomic E-state index is 0.370. The first kappa shape index (κ1) is 18.1. The first-order valence-electron chi connectivity index (χ1n) is 8.56. The number of halogens is 1. The monoisotopic (exact) mass is 411 g/mol. The van der Waals surface area contributed by atoms with Gasteiger partial charge in [-0.1, -0.05) is 22.9 Å². The van der Waals surface area contributed by atoms with Crippen molar-refractivity contribution in [3.8, 4) is 0 Å². The molecule has 0 radical (unpaired) electrons. The van der Waals surface area contributed by atoms with E-state index in [0.717, 1.165) is 43.3 Å². The van der Waals surface area contributed by atoms with Gasteiger partial charge in [-0.15, -0.1) is 11.8 Å². The van der Waals surface area contributed by atoms with Crippen LogP contribution < -0.4 is 5.32 Å². The van der Waals surface area contributed by atoms with Crippen LogP contribution in [0.4, 0.5) is 0 Å². The molecule has 2 fully saturated rings. The molecule has 0 amide bonds. The number of rotatable bonds is 4. The Morgan fingerprint density at radius 3 is 2.88 bits per heavy atom. The summed E-state index contributed by atoms with van der Waals surface area (Å²) in [5, 5.41) is 4.03. The summed E-state index contributed by atoms with van der Waals surface area (Å²) >= 11 is 5.37. The topological polar surface area (TPSA) is 36.9 Å².